The Morgan fingerprint density at radius 1 is 0.950 bits per heavy atom. The summed E-state index contributed by atoms with van der Waals surface area (Å²) < 4.78 is 15.9. The SMILES string of the molecule is COc1ccc(COc2cc(OC)ccc2C#N)cc1. The fourth-order valence-electron chi connectivity index (χ4n) is 1.72. The van der Waals surface area contributed by atoms with Crippen molar-refractivity contribution in [2.45, 2.75) is 6.61 Å². The molecule has 0 radical (unpaired) electrons. The molecule has 0 unspecified atom stereocenters. The average molecular weight is 269 g/mol. The van der Waals surface area contributed by atoms with Crippen molar-refractivity contribution in [2.24, 2.45) is 0 Å². The molecule has 0 aliphatic heterocycles. The third kappa shape index (κ3) is 3.21. The number of benzene rings is 2. The van der Waals surface area contributed by atoms with Crippen LogP contribution in [0.25, 0.3) is 0 Å². The Bertz CT molecular complexity index is 615. The molecule has 2 aromatic carbocycles. The average Bonchev–Trinajstić information content (AvgIpc) is 2.53. The molecule has 0 spiro atoms. The minimum atomic E-state index is 0.381. The third-order valence-electron chi connectivity index (χ3n) is 2.86. The number of hydrogen-bond donors (Lipinski definition) is 0. The fourth-order valence-corrected chi connectivity index (χ4v) is 1.72. The summed E-state index contributed by atoms with van der Waals surface area (Å²) in [6.45, 7) is 0.381. The lowest BCUT2D eigenvalue weighted by atomic mass is 10.2. The van der Waals surface area contributed by atoms with Crippen LogP contribution in [0, 0.1) is 11.3 Å². The number of hydrogen-bond acceptors (Lipinski definition) is 4. The maximum atomic E-state index is 9.06. The Labute approximate surface area is 118 Å². The molecule has 0 bridgehead atoms. The van der Waals surface area contributed by atoms with E-state index in [9.17, 15) is 0 Å². The summed E-state index contributed by atoms with van der Waals surface area (Å²) in [4.78, 5) is 0. The van der Waals surface area contributed by atoms with Crippen LogP contribution in [0.5, 0.6) is 17.2 Å². The summed E-state index contributed by atoms with van der Waals surface area (Å²) in [5.74, 6) is 1.98. The van der Waals surface area contributed by atoms with Crippen molar-refractivity contribution >= 4 is 0 Å². The first-order chi connectivity index (χ1) is 9.76. The molecule has 0 aliphatic carbocycles. The van der Waals surface area contributed by atoms with Gasteiger partial charge in [0.1, 0.15) is 29.9 Å². The maximum Gasteiger partial charge on any atom is 0.141 e. The van der Waals surface area contributed by atoms with E-state index in [1.807, 2.05) is 24.3 Å². The van der Waals surface area contributed by atoms with Crippen LogP contribution < -0.4 is 14.2 Å². The van der Waals surface area contributed by atoms with Crippen molar-refractivity contribution in [1.29, 1.82) is 5.26 Å². The van der Waals surface area contributed by atoms with Gasteiger partial charge in [-0.1, -0.05) is 12.1 Å². The van der Waals surface area contributed by atoms with E-state index in [0.717, 1.165) is 11.3 Å². The predicted molar refractivity (Wildman–Crippen MR) is 75.0 cm³/mol. The summed E-state index contributed by atoms with van der Waals surface area (Å²) in [5.41, 5.74) is 1.48. The van der Waals surface area contributed by atoms with Crippen LogP contribution in [-0.2, 0) is 6.61 Å². The van der Waals surface area contributed by atoms with E-state index < -0.39 is 0 Å². The predicted octanol–water partition coefficient (Wildman–Crippen LogP) is 3.15. The van der Waals surface area contributed by atoms with Crippen LogP contribution in [0.2, 0.25) is 0 Å². The lowest BCUT2D eigenvalue weighted by Gasteiger charge is -2.10. The van der Waals surface area contributed by atoms with E-state index in [1.54, 1.807) is 32.4 Å². The van der Waals surface area contributed by atoms with Gasteiger partial charge in [-0.3, -0.25) is 0 Å². The minimum Gasteiger partial charge on any atom is -0.497 e. The molecule has 0 amide bonds. The monoisotopic (exact) mass is 269 g/mol. The first-order valence-corrected chi connectivity index (χ1v) is 6.10. The molecule has 0 saturated heterocycles. The lowest BCUT2D eigenvalue weighted by Crippen LogP contribution is -1.98. The van der Waals surface area contributed by atoms with Crippen molar-refractivity contribution in [3.8, 4) is 23.3 Å². The van der Waals surface area contributed by atoms with E-state index >= 15 is 0 Å². The molecule has 4 nitrogen and oxygen atoms in total. The first kappa shape index (κ1) is 13.8. The Morgan fingerprint density at radius 3 is 2.20 bits per heavy atom. The van der Waals surface area contributed by atoms with Gasteiger partial charge >= 0.3 is 0 Å². The number of nitriles is 1. The van der Waals surface area contributed by atoms with Gasteiger partial charge in [0, 0.05) is 6.07 Å². The topological polar surface area (TPSA) is 51.5 Å². The molecule has 2 rings (SSSR count). The first-order valence-electron chi connectivity index (χ1n) is 6.10. The van der Waals surface area contributed by atoms with Crippen LogP contribution in [0.3, 0.4) is 0 Å². The molecule has 102 valence electrons. The molecule has 0 aliphatic rings. The van der Waals surface area contributed by atoms with Crippen molar-refractivity contribution in [1.82, 2.24) is 0 Å². The number of rotatable bonds is 5. The summed E-state index contributed by atoms with van der Waals surface area (Å²) >= 11 is 0. The van der Waals surface area contributed by atoms with E-state index in [2.05, 4.69) is 6.07 Å². The van der Waals surface area contributed by atoms with Gasteiger partial charge in [0.15, 0.2) is 0 Å². The lowest BCUT2D eigenvalue weighted by molar-refractivity contribution is 0.302. The summed E-state index contributed by atoms with van der Waals surface area (Å²) in [6, 6.07) is 14.8. The van der Waals surface area contributed by atoms with Gasteiger partial charge in [-0.15, -0.1) is 0 Å². The second-order valence-electron chi connectivity index (χ2n) is 4.11. The zero-order valence-corrected chi connectivity index (χ0v) is 11.4. The van der Waals surface area contributed by atoms with E-state index in [0.29, 0.717) is 23.7 Å². The summed E-state index contributed by atoms with van der Waals surface area (Å²) in [6.07, 6.45) is 0. The normalized spacial score (nSPS) is 9.65. The van der Waals surface area contributed by atoms with Gasteiger partial charge in [-0.2, -0.15) is 5.26 Å². The van der Waals surface area contributed by atoms with E-state index in [1.165, 1.54) is 0 Å². The third-order valence-corrected chi connectivity index (χ3v) is 2.86. The quantitative estimate of drug-likeness (QED) is 0.836. The van der Waals surface area contributed by atoms with Crippen molar-refractivity contribution in [3.05, 3.63) is 53.6 Å². The molecular formula is C16H15NO3. The van der Waals surface area contributed by atoms with Crippen LogP contribution >= 0.6 is 0 Å². The molecule has 0 heterocycles. The standard InChI is InChI=1S/C16H15NO3/c1-18-14-6-3-12(4-7-14)11-20-16-9-15(19-2)8-5-13(16)10-17/h3-9H,11H2,1-2H3. The Morgan fingerprint density at radius 2 is 1.60 bits per heavy atom. The zero-order valence-electron chi connectivity index (χ0n) is 11.4. The maximum absolute atomic E-state index is 9.06. The molecule has 0 atom stereocenters. The van der Waals surface area contributed by atoms with Gasteiger partial charge < -0.3 is 14.2 Å². The highest BCUT2D eigenvalue weighted by Crippen LogP contribution is 2.25. The molecule has 20 heavy (non-hydrogen) atoms. The number of ether oxygens (including phenoxy) is 3. The van der Waals surface area contributed by atoms with E-state index in [4.69, 9.17) is 19.5 Å². The van der Waals surface area contributed by atoms with Crippen LogP contribution in [0.4, 0.5) is 0 Å². The Balaban J connectivity index is 2.11. The van der Waals surface area contributed by atoms with Gasteiger partial charge in [-0.05, 0) is 29.8 Å². The highest BCUT2D eigenvalue weighted by molar-refractivity contribution is 5.47. The smallest absolute Gasteiger partial charge is 0.141 e. The molecule has 0 aromatic heterocycles. The molecular weight excluding hydrogens is 254 g/mol. The molecule has 0 fully saturated rings. The Hall–Kier alpha value is -2.67. The highest BCUT2D eigenvalue weighted by atomic mass is 16.5. The van der Waals surface area contributed by atoms with Crippen LogP contribution in [-0.4, -0.2) is 14.2 Å². The van der Waals surface area contributed by atoms with Crippen LogP contribution in [0.15, 0.2) is 42.5 Å². The summed E-state index contributed by atoms with van der Waals surface area (Å²) in [5, 5.41) is 9.06. The highest BCUT2D eigenvalue weighted by Gasteiger charge is 2.06. The molecule has 0 N–H and O–H groups in total. The van der Waals surface area contributed by atoms with Gasteiger partial charge in [0.05, 0.1) is 19.8 Å². The number of methoxy groups -OCH3 is 2. The van der Waals surface area contributed by atoms with Crippen molar-refractivity contribution < 1.29 is 14.2 Å². The number of nitrogens with zero attached hydrogens (tertiary/aromatic N) is 1. The minimum absolute atomic E-state index is 0.381. The second-order valence-corrected chi connectivity index (χ2v) is 4.11. The largest absolute Gasteiger partial charge is 0.497 e. The zero-order chi connectivity index (χ0) is 14.4. The van der Waals surface area contributed by atoms with Crippen molar-refractivity contribution in [2.75, 3.05) is 14.2 Å². The van der Waals surface area contributed by atoms with Gasteiger partial charge in [-0.25, -0.2) is 0 Å². The second kappa shape index (κ2) is 6.48. The molecule has 2 aromatic rings. The Kier molecular flexibility index (Phi) is 4.46. The summed E-state index contributed by atoms with van der Waals surface area (Å²) in [7, 11) is 3.20. The van der Waals surface area contributed by atoms with Crippen LogP contribution in [0.1, 0.15) is 11.1 Å². The van der Waals surface area contributed by atoms with Crippen molar-refractivity contribution in [3.63, 3.8) is 0 Å². The molecule has 4 heteroatoms. The van der Waals surface area contributed by atoms with Gasteiger partial charge in [0.2, 0.25) is 0 Å². The fraction of sp³-hybridized carbons (Fsp3) is 0.188. The van der Waals surface area contributed by atoms with E-state index in [-0.39, 0.29) is 0 Å². The molecule has 0 saturated carbocycles. The van der Waals surface area contributed by atoms with Gasteiger partial charge in [0.25, 0.3) is 0 Å².